The first-order valence-electron chi connectivity index (χ1n) is 5.06. The van der Waals surface area contributed by atoms with Crippen LogP contribution in [-0.2, 0) is 20.2 Å². The van der Waals surface area contributed by atoms with Gasteiger partial charge >= 0.3 is 0 Å². The van der Waals surface area contributed by atoms with Gasteiger partial charge in [-0.3, -0.25) is 0 Å². The van der Waals surface area contributed by atoms with Crippen molar-refractivity contribution in [3.8, 4) is 0 Å². The van der Waals surface area contributed by atoms with Gasteiger partial charge in [0.2, 0.25) is 5.28 Å². The molecule has 0 bridgehead atoms. The highest BCUT2D eigenvalue weighted by atomic mass is 35.5. The van der Waals surface area contributed by atoms with Crippen molar-refractivity contribution in [2.24, 2.45) is 0 Å². The summed E-state index contributed by atoms with van der Waals surface area (Å²) in [5, 5.41) is -0.0129. The molecule has 0 amide bonds. The Hall–Kier alpha value is -1.08. The van der Waals surface area contributed by atoms with Gasteiger partial charge in [-0.1, -0.05) is 15.8 Å². The molecule has 0 aliphatic rings. The number of benzene rings is 1. The van der Waals surface area contributed by atoms with Crippen LogP contribution in [0.5, 0.6) is 0 Å². The molecular formula is C11H8Cl2FN2O2S+. The van der Waals surface area contributed by atoms with Crippen LogP contribution in [-0.4, -0.2) is 14.5 Å². The van der Waals surface area contributed by atoms with E-state index in [0.717, 1.165) is 12.1 Å². The van der Waals surface area contributed by atoms with E-state index in [-0.39, 0.29) is 26.8 Å². The Bertz CT molecular complexity index is 631. The number of nitrogens with zero attached hydrogens (tertiary/aromatic N) is 2. The van der Waals surface area contributed by atoms with Gasteiger partial charge < -0.3 is 0 Å². The Morgan fingerprint density at radius 2 is 1.84 bits per heavy atom. The van der Waals surface area contributed by atoms with Crippen LogP contribution in [0.15, 0.2) is 35.2 Å². The van der Waals surface area contributed by atoms with Crippen molar-refractivity contribution in [3.63, 3.8) is 0 Å². The van der Waals surface area contributed by atoms with E-state index >= 15 is 0 Å². The van der Waals surface area contributed by atoms with Gasteiger partial charge in [0.1, 0.15) is 11.0 Å². The lowest BCUT2D eigenvalue weighted by atomic mass is 10.4. The van der Waals surface area contributed by atoms with Gasteiger partial charge in [0.15, 0.2) is 10.6 Å². The minimum absolute atomic E-state index is 0.0873. The number of hydrogen-bond acceptors (Lipinski definition) is 3. The average molecular weight is 322 g/mol. The number of aromatic nitrogens is 2. The van der Waals surface area contributed by atoms with E-state index in [1.807, 2.05) is 0 Å². The quantitative estimate of drug-likeness (QED) is 0.534. The standard InChI is InChI=1S/C11H7Cl2FN2O2S/c12-10-5-8(15-11(13)16-10)6-19(17,18)9-3-1-7(14)2-4-9/h1-5H,6H2/p+1. The van der Waals surface area contributed by atoms with E-state index in [2.05, 4.69) is 9.97 Å². The molecule has 100 valence electrons. The molecule has 0 radical (unpaired) electrons. The summed E-state index contributed by atoms with van der Waals surface area (Å²) in [5.74, 6) is -0.757. The van der Waals surface area contributed by atoms with Crippen molar-refractivity contribution in [2.75, 3.05) is 0 Å². The first-order chi connectivity index (χ1) is 8.87. The van der Waals surface area contributed by atoms with E-state index in [1.165, 1.54) is 18.2 Å². The molecule has 1 N–H and O–H groups in total. The molecule has 1 heterocycles. The topological polar surface area (TPSA) is 63.1 Å². The van der Waals surface area contributed by atoms with Crippen molar-refractivity contribution in [3.05, 3.63) is 52.3 Å². The van der Waals surface area contributed by atoms with Crippen LogP contribution in [0, 0.1) is 5.82 Å². The maximum atomic E-state index is 12.8. The van der Waals surface area contributed by atoms with Crippen LogP contribution in [0.2, 0.25) is 10.4 Å². The van der Waals surface area contributed by atoms with Gasteiger partial charge in [0, 0.05) is 6.07 Å². The summed E-state index contributed by atoms with van der Waals surface area (Å²) in [7, 11) is -3.39. The smallest absolute Gasteiger partial charge is 0.218 e. The predicted octanol–water partition coefficient (Wildman–Crippen LogP) is 3.45. The lowest BCUT2D eigenvalue weighted by Gasteiger charge is -2.04. The Morgan fingerprint density at radius 1 is 1.21 bits per heavy atom. The van der Waals surface area contributed by atoms with Gasteiger partial charge in [-0.15, -0.1) is 0 Å². The van der Waals surface area contributed by atoms with Crippen molar-refractivity contribution in [2.45, 2.75) is 10.6 Å². The predicted molar refractivity (Wildman–Crippen MR) is 71.1 cm³/mol. The maximum Gasteiger partial charge on any atom is 0.253 e. The summed E-state index contributed by atoms with van der Waals surface area (Å²) >= 11 is 11.3. The SMILES string of the molecule is O=[S+](O)(Cc1cc(Cl)nc(Cl)n1)c1ccc(F)cc1. The van der Waals surface area contributed by atoms with Crippen LogP contribution in [0.25, 0.3) is 0 Å². The molecule has 0 aliphatic carbocycles. The second-order valence-electron chi connectivity index (χ2n) is 3.69. The van der Waals surface area contributed by atoms with Gasteiger partial charge in [-0.25, -0.2) is 14.4 Å². The van der Waals surface area contributed by atoms with Crippen molar-refractivity contribution in [1.29, 1.82) is 0 Å². The minimum Gasteiger partial charge on any atom is -0.218 e. The van der Waals surface area contributed by atoms with Crippen LogP contribution in [0.1, 0.15) is 5.69 Å². The fourth-order valence-corrected chi connectivity index (χ4v) is 3.16. The highest BCUT2D eigenvalue weighted by Gasteiger charge is 2.30. The molecule has 2 rings (SSSR count). The molecule has 0 fully saturated rings. The molecule has 4 nitrogen and oxygen atoms in total. The van der Waals surface area contributed by atoms with Crippen molar-refractivity contribution >= 4 is 33.4 Å². The summed E-state index contributed by atoms with van der Waals surface area (Å²) in [6, 6.07) is 6.09. The summed E-state index contributed by atoms with van der Waals surface area (Å²) in [6.45, 7) is 0. The molecule has 1 unspecified atom stereocenters. The monoisotopic (exact) mass is 321 g/mol. The Morgan fingerprint density at radius 3 is 2.42 bits per heavy atom. The fraction of sp³-hybridized carbons (Fsp3) is 0.0909. The summed E-state index contributed by atoms with van der Waals surface area (Å²) in [4.78, 5) is 7.57. The largest absolute Gasteiger partial charge is 0.253 e. The number of halogens is 3. The second kappa shape index (κ2) is 5.50. The summed E-state index contributed by atoms with van der Waals surface area (Å²) in [5.41, 5.74) is 0.238. The molecule has 19 heavy (non-hydrogen) atoms. The van der Waals surface area contributed by atoms with E-state index < -0.39 is 16.0 Å². The molecule has 1 aromatic heterocycles. The molecule has 0 saturated carbocycles. The van der Waals surface area contributed by atoms with Gasteiger partial charge in [-0.05, 0) is 35.9 Å². The van der Waals surface area contributed by atoms with E-state index in [9.17, 15) is 13.2 Å². The summed E-state index contributed by atoms with van der Waals surface area (Å²) < 4.78 is 34.9. The van der Waals surface area contributed by atoms with Crippen LogP contribution in [0.3, 0.4) is 0 Å². The lowest BCUT2D eigenvalue weighted by molar-refractivity contribution is 0.495. The zero-order valence-corrected chi connectivity index (χ0v) is 11.7. The van der Waals surface area contributed by atoms with E-state index in [0.29, 0.717) is 0 Å². The van der Waals surface area contributed by atoms with Crippen LogP contribution >= 0.6 is 23.2 Å². The summed E-state index contributed by atoms with van der Waals surface area (Å²) in [6.07, 6.45) is 0. The van der Waals surface area contributed by atoms with Crippen molar-refractivity contribution < 1.29 is 13.2 Å². The highest BCUT2D eigenvalue weighted by Crippen LogP contribution is 2.22. The Balaban J connectivity index is 2.30. The average Bonchev–Trinajstić information content (AvgIpc) is 2.27. The van der Waals surface area contributed by atoms with Gasteiger partial charge in [-0.2, -0.15) is 4.55 Å². The molecule has 0 aliphatic heterocycles. The maximum absolute atomic E-state index is 12.8. The van der Waals surface area contributed by atoms with Crippen LogP contribution in [0.4, 0.5) is 4.39 Å². The molecule has 0 spiro atoms. The van der Waals surface area contributed by atoms with Gasteiger partial charge in [0.05, 0.1) is 5.69 Å². The lowest BCUT2D eigenvalue weighted by Crippen LogP contribution is -2.14. The Labute approximate surface area is 119 Å². The fourth-order valence-electron chi connectivity index (χ4n) is 1.44. The minimum atomic E-state index is -3.39. The third kappa shape index (κ3) is 3.70. The second-order valence-corrected chi connectivity index (χ2v) is 6.46. The third-order valence-electron chi connectivity index (χ3n) is 2.25. The van der Waals surface area contributed by atoms with E-state index in [4.69, 9.17) is 23.2 Å². The number of hydrogen-bond donors (Lipinski definition) is 1. The Kier molecular flexibility index (Phi) is 4.15. The molecular weight excluding hydrogens is 314 g/mol. The van der Waals surface area contributed by atoms with Crippen molar-refractivity contribution in [1.82, 2.24) is 9.97 Å². The highest BCUT2D eigenvalue weighted by molar-refractivity contribution is 7.97. The third-order valence-corrected chi connectivity index (χ3v) is 4.30. The van der Waals surface area contributed by atoms with E-state index in [1.54, 1.807) is 0 Å². The molecule has 2 aromatic rings. The number of rotatable bonds is 3. The van der Waals surface area contributed by atoms with Crippen LogP contribution < -0.4 is 0 Å². The first-order valence-corrected chi connectivity index (χ1v) is 7.50. The zero-order chi connectivity index (χ0) is 14.0. The molecule has 8 heteroatoms. The molecule has 0 saturated heterocycles. The molecule has 1 aromatic carbocycles. The van der Waals surface area contributed by atoms with Gasteiger partial charge in [0.25, 0.3) is 10.2 Å². The zero-order valence-electron chi connectivity index (χ0n) is 9.39. The first kappa shape index (κ1) is 14.3. The molecule has 1 atom stereocenters. The normalized spacial score (nSPS) is 14.1.